The number of rotatable bonds is 7. The molecule has 2 rings (SSSR count). The predicted molar refractivity (Wildman–Crippen MR) is 92.1 cm³/mol. The van der Waals surface area contributed by atoms with Gasteiger partial charge in [-0.15, -0.1) is 0 Å². The van der Waals surface area contributed by atoms with Gasteiger partial charge in [-0.2, -0.15) is 0 Å². The molecule has 1 aromatic carbocycles. The summed E-state index contributed by atoms with van der Waals surface area (Å²) in [6.07, 6.45) is 3.49. The predicted octanol–water partition coefficient (Wildman–Crippen LogP) is 3.11. The molecule has 0 aliphatic carbocycles. The minimum atomic E-state index is 0.121. The lowest BCUT2D eigenvalue weighted by Crippen LogP contribution is -2.42. The van der Waals surface area contributed by atoms with E-state index >= 15 is 0 Å². The molecule has 1 saturated heterocycles. The number of carbonyl (C=O) groups is 1. The Labute approximate surface area is 141 Å². The summed E-state index contributed by atoms with van der Waals surface area (Å²) in [5.41, 5.74) is 0.242. The van der Waals surface area contributed by atoms with Crippen molar-refractivity contribution in [3.8, 4) is 5.75 Å². The second kappa shape index (κ2) is 8.53. The van der Waals surface area contributed by atoms with Crippen LogP contribution < -0.4 is 15.4 Å². The van der Waals surface area contributed by atoms with Gasteiger partial charge in [0.1, 0.15) is 5.75 Å². The maximum atomic E-state index is 11.9. The highest BCUT2D eigenvalue weighted by atomic mass is 79.9. The summed E-state index contributed by atoms with van der Waals surface area (Å²) in [7, 11) is 0. The van der Waals surface area contributed by atoms with Crippen LogP contribution in [0.3, 0.4) is 0 Å². The Hall–Kier alpha value is -1.07. The first kappa shape index (κ1) is 17.3. The van der Waals surface area contributed by atoms with Crippen molar-refractivity contribution in [3.63, 3.8) is 0 Å². The van der Waals surface area contributed by atoms with Crippen LogP contribution in [0.5, 0.6) is 5.75 Å². The first-order chi connectivity index (χ1) is 10.6. The largest absolute Gasteiger partial charge is 0.492 e. The second-order valence-corrected chi connectivity index (χ2v) is 7.07. The molecule has 1 fully saturated rings. The van der Waals surface area contributed by atoms with Crippen LogP contribution in [0.1, 0.15) is 32.6 Å². The number of amides is 1. The highest BCUT2D eigenvalue weighted by Crippen LogP contribution is 2.26. The van der Waals surface area contributed by atoms with E-state index in [0.717, 1.165) is 49.1 Å². The summed E-state index contributed by atoms with van der Waals surface area (Å²) in [6.45, 7) is 5.68. The maximum Gasteiger partial charge on any atom is 0.220 e. The molecule has 0 aromatic heterocycles. The molecule has 1 heterocycles. The molecule has 1 aliphatic rings. The van der Waals surface area contributed by atoms with E-state index < -0.39 is 0 Å². The molecular formula is C17H25BrN2O2. The quantitative estimate of drug-likeness (QED) is 0.727. The zero-order valence-corrected chi connectivity index (χ0v) is 14.7. The average Bonchev–Trinajstić information content (AvgIpc) is 2.52. The molecule has 1 aromatic rings. The number of hydrogen-bond donors (Lipinski definition) is 2. The fourth-order valence-electron chi connectivity index (χ4n) is 2.58. The Morgan fingerprint density at radius 2 is 2.09 bits per heavy atom. The van der Waals surface area contributed by atoms with Crippen molar-refractivity contribution >= 4 is 21.8 Å². The monoisotopic (exact) mass is 368 g/mol. The molecule has 122 valence electrons. The lowest BCUT2D eigenvalue weighted by atomic mass is 9.81. The van der Waals surface area contributed by atoms with Gasteiger partial charge in [0.2, 0.25) is 5.91 Å². The minimum Gasteiger partial charge on any atom is -0.492 e. The van der Waals surface area contributed by atoms with Gasteiger partial charge >= 0.3 is 0 Å². The summed E-state index contributed by atoms with van der Waals surface area (Å²) >= 11 is 3.44. The van der Waals surface area contributed by atoms with Crippen LogP contribution in [-0.2, 0) is 4.79 Å². The van der Waals surface area contributed by atoms with Crippen LogP contribution in [0.2, 0.25) is 0 Å². The molecule has 1 aliphatic heterocycles. The van der Waals surface area contributed by atoms with Gasteiger partial charge in [0.15, 0.2) is 0 Å². The van der Waals surface area contributed by atoms with Crippen molar-refractivity contribution in [1.29, 1.82) is 0 Å². The van der Waals surface area contributed by atoms with Gasteiger partial charge in [-0.3, -0.25) is 4.79 Å². The van der Waals surface area contributed by atoms with Gasteiger partial charge in [-0.05, 0) is 65.8 Å². The van der Waals surface area contributed by atoms with Crippen LogP contribution in [0.25, 0.3) is 0 Å². The number of carbonyl (C=O) groups excluding carboxylic acids is 1. The van der Waals surface area contributed by atoms with Gasteiger partial charge in [0.25, 0.3) is 0 Å². The van der Waals surface area contributed by atoms with Crippen LogP contribution >= 0.6 is 15.9 Å². The highest BCUT2D eigenvalue weighted by molar-refractivity contribution is 9.10. The highest BCUT2D eigenvalue weighted by Gasteiger charge is 2.26. The number of piperidine rings is 1. The van der Waals surface area contributed by atoms with E-state index in [2.05, 4.69) is 33.5 Å². The third-order valence-corrected chi connectivity index (χ3v) is 4.82. The molecular weight excluding hydrogens is 344 g/mol. The molecule has 2 N–H and O–H groups in total. The van der Waals surface area contributed by atoms with Crippen LogP contribution in [-0.4, -0.2) is 32.1 Å². The van der Waals surface area contributed by atoms with E-state index in [1.54, 1.807) is 0 Å². The molecule has 22 heavy (non-hydrogen) atoms. The maximum absolute atomic E-state index is 11.9. The molecule has 0 saturated carbocycles. The summed E-state index contributed by atoms with van der Waals surface area (Å²) in [4.78, 5) is 11.9. The van der Waals surface area contributed by atoms with Gasteiger partial charge in [-0.25, -0.2) is 0 Å². The number of para-hydroxylation sites is 1. The lowest BCUT2D eigenvalue weighted by molar-refractivity contribution is -0.121. The van der Waals surface area contributed by atoms with Crippen LogP contribution in [0, 0.1) is 5.41 Å². The van der Waals surface area contributed by atoms with E-state index in [1.807, 2.05) is 24.3 Å². The number of benzene rings is 1. The molecule has 4 nitrogen and oxygen atoms in total. The zero-order chi connectivity index (χ0) is 15.8. The van der Waals surface area contributed by atoms with Crippen molar-refractivity contribution in [3.05, 3.63) is 28.7 Å². The zero-order valence-electron chi connectivity index (χ0n) is 13.2. The van der Waals surface area contributed by atoms with E-state index in [9.17, 15) is 4.79 Å². The molecule has 5 heteroatoms. The van der Waals surface area contributed by atoms with Crippen LogP contribution in [0.4, 0.5) is 0 Å². The summed E-state index contributed by atoms with van der Waals surface area (Å²) < 4.78 is 6.61. The molecule has 1 amide bonds. The molecule has 0 atom stereocenters. The summed E-state index contributed by atoms with van der Waals surface area (Å²) in [5.74, 6) is 0.945. The SMILES string of the molecule is CC1(CNC(=O)CCCOc2ccccc2Br)CCNCC1. The first-order valence-electron chi connectivity index (χ1n) is 7.94. The Kier molecular flexibility index (Phi) is 6.70. The number of hydrogen-bond acceptors (Lipinski definition) is 3. The van der Waals surface area contributed by atoms with E-state index in [0.29, 0.717) is 13.0 Å². The van der Waals surface area contributed by atoms with Crippen molar-refractivity contribution in [2.75, 3.05) is 26.2 Å². The Morgan fingerprint density at radius 3 is 2.82 bits per heavy atom. The van der Waals surface area contributed by atoms with Gasteiger partial charge in [0, 0.05) is 13.0 Å². The van der Waals surface area contributed by atoms with Gasteiger partial charge in [-0.1, -0.05) is 19.1 Å². The average molecular weight is 369 g/mol. The fraction of sp³-hybridized carbons (Fsp3) is 0.588. The third kappa shape index (κ3) is 5.61. The minimum absolute atomic E-state index is 0.121. The van der Waals surface area contributed by atoms with Crippen molar-refractivity contribution in [1.82, 2.24) is 10.6 Å². The van der Waals surface area contributed by atoms with E-state index in [4.69, 9.17) is 4.74 Å². The molecule has 0 radical (unpaired) electrons. The number of ether oxygens (including phenoxy) is 1. The van der Waals surface area contributed by atoms with E-state index in [-0.39, 0.29) is 11.3 Å². The summed E-state index contributed by atoms with van der Waals surface area (Å²) in [6, 6.07) is 7.75. The number of halogens is 1. The van der Waals surface area contributed by atoms with Crippen LogP contribution in [0.15, 0.2) is 28.7 Å². The number of nitrogens with one attached hydrogen (secondary N) is 2. The van der Waals surface area contributed by atoms with Gasteiger partial charge < -0.3 is 15.4 Å². The normalized spacial score (nSPS) is 17.0. The molecule has 0 unspecified atom stereocenters. The Morgan fingerprint density at radius 1 is 1.36 bits per heavy atom. The lowest BCUT2D eigenvalue weighted by Gasteiger charge is -2.34. The smallest absolute Gasteiger partial charge is 0.220 e. The first-order valence-corrected chi connectivity index (χ1v) is 8.73. The molecule has 0 spiro atoms. The van der Waals surface area contributed by atoms with Crippen molar-refractivity contribution < 1.29 is 9.53 Å². The van der Waals surface area contributed by atoms with Gasteiger partial charge in [0.05, 0.1) is 11.1 Å². The second-order valence-electron chi connectivity index (χ2n) is 6.22. The third-order valence-electron chi connectivity index (χ3n) is 4.17. The fourth-order valence-corrected chi connectivity index (χ4v) is 2.98. The standard InChI is InChI=1S/C17H25BrN2O2/c1-17(8-10-19-11-9-17)13-20-16(21)7-4-12-22-15-6-3-2-5-14(15)18/h2-3,5-6,19H,4,7-13H2,1H3,(H,20,21). The Balaban J connectivity index is 1.61. The topological polar surface area (TPSA) is 50.4 Å². The van der Waals surface area contributed by atoms with E-state index in [1.165, 1.54) is 0 Å². The molecule has 0 bridgehead atoms. The summed E-state index contributed by atoms with van der Waals surface area (Å²) in [5, 5.41) is 6.43. The Bertz CT molecular complexity index is 487. The van der Waals surface area contributed by atoms with Crippen molar-refractivity contribution in [2.45, 2.75) is 32.6 Å². The van der Waals surface area contributed by atoms with Crippen molar-refractivity contribution in [2.24, 2.45) is 5.41 Å².